The van der Waals surface area contributed by atoms with Crippen LogP contribution in [0.25, 0.3) is 0 Å². The summed E-state index contributed by atoms with van der Waals surface area (Å²) in [6.45, 7) is 4.36. The van der Waals surface area contributed by atoms with E-state index in [4.69, 9.17) is 0 Å². The number of hydrogen-bond donors (Lipinski definition) is 1. The first-order valence-electron chi connectivity index (χ1n) is 9.29. The van der Waals surface area contributed by atoms with Gasteiger partial charge in [0, 0.05) is 10.2 Å². The van der Waals surface area contributed by atoms with E-state index in [1.54, 1.807) is 11.3 Å². The highest BCUT2D eigenvalue weighted by molar-refractivity contribution is 9.10. The van der Waals surface area contributed by atoms with Crippen LogP contribution in [0.3, 0.4) is 0 Å². The van der Waals surface area contributed by atoms with Gasteiger partial charge < -0.3 is 5.32 Å². The molecule has 0 aromatic carbocycles. The van der Waals surface area contributed by atoms with Crippen LogP contribution in [0.4, 0.5) is 5.13 Å². The Bertz CT molecular complexity index is 628. The third-order valence-electron chi connectivity index (χ3n) is 6.47. The van der Waals surface area contributed by atoms with Crippen molar-refractivity contribution >= 4 is 38.3 Å². The van der Waals surface area contributed by atoms with Crippen molar-refractivity contribution in [2.75, 3.05) is 5.32 Å². The summed E-state index contributed by atoms with van der Waals surface area (Å²) in [6.07, 6.45) is 9.04. The largest absolute Gasteiger partial charge is 0.300 e. The van der Waals surface area contributed by atoms with Crippen LogP contribution in [0, 0.1) is 17.3 Å². The van der Waals surface area contributed by atoms with Crippen molar-refractivity contribution in [2.24, 2.45) is 17.3 Å². The number of rotatable bonds is 5. The molecular weight excluding hydrogens is 386 g/mol. The number of carbonyl (C=O) groups excluding carboxylic acids is 1. The first-order chi connectivity index (χ1) is 11.5. The monoisotopic (exact) mass is 411 g/mol. The van der Waals surface area contributed by atoms with Gasteiger partial charge in [-0.15, -0.1) is 10.2 Å². The molecule has 0 aliphatic heterocycles. The van der Waals surface area contributed by atoms with Crippen LogP contribution in [0.5, 0.6) is 0 Å². The van der Waals surface area contributed by atoms with Crippen molar-refractivity contribution in [2.45, 2.75) is 75.5 Å². The zero-order valence-corrected chi connectivity index (χ0v) is 16.9. The number of aromatic nitrogens is 2. The molecule has 2 atom stereocenters. The molecule has 0 radical (unpaired) electrons. The number of alkyl halides is 1. The summed E-state index contributed by atoms with van der Waals surface area (Å²) in [7, 11) is 0. The molecule has 2 unspecified atom stereocenters. The topological polar surface area (TPSA) is 54.9 Å². The molecule has 1 amide bonds. The number of nitrogens with zero attached hydrogens (tertiary/aromatic N) is 2. The minimum Gasteiger partial charge on any atom is -0.300 e. The van der Waals surface area contributed by atoms with Gasteiger partial charge in [0.1, 0.15) is 5.01 Å². The summed E-state index contributed by atoms with van der Waals surface area (Å²) in [5.41, 5.74) is -0.186. The molecular formula is C18H26BrN3OS. The molecule has 0 spiro atoms. The summed E-state index contributed by atoms with van der Waals surface area (Å²) in [5, 5.41) is 13.4. The van der Waals surface area contributed by atoms with E-state index in [1.165, 1.54) is 19.3 Å². The standard InChI is InChI=1S/C18H26BrN3OS/c1-3-13(4-2)14-21-22-16(24-14)20-15(23)17-6-11-5-12(7-17)9-18(19,8-11)10-17/h11-13H,3-10H2,1-2H3,(H,20,22,23). The summed E-state index contributed by atoms with van der Waals surface area (Å²) in [5.74, 6) is 2.07. The SMILES string of the molecule is CCC(CC)c1nnc(NC(=O)C23CC4CC(CC(Br)(C4)C2)C3)s1. The second-order valence-electron chi connectivity index (χ2n) is 8.31. The fraction of sp³-hybridized carbons (Fsp3) is 0.833. The maximum Gasteiger partial charge on any atom is 0.232 e. The van der Waals surface area contributed by atoms with Crippen LogP contribution < -0.4 is 5.32 Å². The van der Waals surface area contributed by atoms with E-state index in [1.807, 2.05) is 0 Å². The third-order valence-corrected chi connectivity index (χ3v) is 8.40. The molecule has 4 saturated carbocycles. The molecule has 1 heterocycles. The highest BCUT2D eigenvalue weighted by atomic mass is 79.9. The summed E-state index contributed by atoms with van der Waals surface area (Å²) >= 11 is 5.54. The minimum atomic E-state index is -0.186. The van der Waals surface area contributed by atoms with Crippen molar-refractivity contribution in [3.05, 3.63) is 5.01 Å². The van der Waals surface area contributed by atoms with Crippen molar-refractivity contribution in [1.82, 2.24) is 10.2 Å². The van der Waals surface area contributed by atoms with Crippen molar-refractivity contribution < 1.29 is 4.79 Å². The zero-order valence-electron chi connectivity index (χ0n) is 14.5. The van der Waals surface area contributed by atoms with Gasteiger partial charge in [0.25, 0.3) is 0 Å². The average Bonchev–Trinajstić information content (AvgIpc) is 2.94. The van der Waals surface area contributed by atoms with E-state index in [0.29, 0.717) is 22.9 Å². The minimum absolute atomic E-state index is 0.186. The van der Waals surface area contributed by atoms with Gasteiger partial charge >= 0.3 is 0 Å². The second-order valence-corrected chi connectivity index (χ2v) is 11.0. The van der Waals surface area contributed by atoms with Gasteiger partial charge in [0.2, 0.25) is 11.0 Å². The molecule has 4 aliphatic carbocycles. The lowest BCUT2D eigenvalue weighted by atomic mass is 9.49. The lowest BCUT2D eigenvalue weighted by Gasteiger charge is -2.59. The smallest absolute Gasteiger partial charge is 0.232 e. The Labute approximate surface area is 156 Å². The highest BCUT2D eigenvalue weighted by Gasteiger charge is 2.59. The van der Waals surface area contributed by atoms with Gasteiger partial charge in [0.15, 0.2) is 0 Å². The van der Waals surface area contributed by atoms with Gasteiger partial charge in [-0.2, -0.15) is 0 Å². The quantitative estimate of drug-likeness (QED) is 0.684. The van der Waals surface area contributed by atoms with Crippen LogP contribution >= 0.6 is 27.3 Å². The highest BCUT2D eigenvalue weighted by Crippen LogP contribution is 2.64. The van der Waals surface area contributed by atoms with Gasteiger partial charge in [0.05, 0.1) is 5.41 Å². The van der Waals surface area contributed by atoms with Crippen LogP contribution in [0.15, 0.2) is 0 Å². The number of amides is 1. The number of nitrogens with one attached hydrogen (secondary N) is 1. The Balaban J connectivity index is 1.51. The van der Waals surface area contributed by atoms with Gasteiger partial charge in [-0.25, -0.2) is 0 Å². The van der Waals surface area contributed by atoms with E-state index in [-0.39, 0.29) is 15.6 Å². The fourth-order valence-electron chi connectivity index (χ4n) is 5.73. The maximum atomic E-state index is 13.1. The third kappa shape index (κ3) is 2.83. The first-order valence-corrected chi connectivity index (χ1v) is 10.9. The Hall–Kier alpha value is -0.490. The average molecular weight is 412 g/mol. The molecule has 1 N–H and O–H groups in total. The molecule has 132 valence electrons. The second kappa shape index (κ2) is 6.04. The lowest BCUT2D eigenvalue weighted by Crippen LogP contribution is -2.57. The number of anilines is 1. The molecule has 4 fully saturated rings. The summed E-state index contributed by atoms with van der Waals surface area (Å²) in [4.78, 5) is 13.1. The lowest BCUT2D eigenvalue weighted by molar-refractivity contribution is -0.138. The number of carbonyl (C=O) groups is 1. The zero-order chi connectivity index (χ0) is 16.9. The molecule has 4 aliphatic rings. The van der Waals surface area contributed by atoms with Crippen LogP contribution in [-0.4, -0.2) is 20.4 Å². The molecule has 4 nitrogen and oxygen atoms in total. The van der Waals surface area contributed by atoms with Crippen molar-refractivity contribution in [3.8, 4) is 0 Å². The van der Waals surface area contributed by atoms with Gasteiger partial charge in [-0.05, 0) is 63.2 Å². The first kappa shape index (κ1) is 17.0. The van der Waals surface area contributed by atoms with E-state index in [9.17, 15) is 4.79 Å². The predicted molar refractivity (Wildman–Crippen MR) is 101 cm³/mol. The van der Waals surface area contributed by atoms with E-state index >= 15 is 0 Å². The van der Waals surface area contributed by atoms with Gasteiger partial charge in [-0.3, -0.25) is 4.79 Å². The van der Waals surface area contributed by atoms with E-state index in [0.717, 1.165) is 37.1 Å². The van der Waals surface area contributed by atoms with E-state index < -0.39 is 0 Å². The Morgan fingerprint density at radius 1 is 1.25 bits per heavy atom. The molecule has 1 aromatic rings. The molecule has 0 saturated heterocycles. The normalized spacial score (nSPS) is 37.2. The van der Waals surface area contributed by atoms with Crippen LogP contribution in [0.1, 0.15) is 76.1 Å². The van der Waals surface area contributed by atoms with Crippen molar-refractivity contribution in [1.29, 1.82) is 0 Å². The molecule has 24 heavy (non-hydrogen) atoms. The summed E-state index contributed by atoms with van der Waals surface area (Å²) in [6, 6.07) is 0. The maximum absolute atomic E-state index is 13.1. The molecule has 4 bridgehead atoms. The predicted octanol–water partition coefficient (Wildman–Crippen LogP) is 5.11. The molecule has 6 heteroatoms. The van der Waals surface area contributed by atoms with Crippen LogP contribution in [0.2, 0.25) is 0 Å². The number of halogens is 1. The Morgan fingerprint density at radius 2 is 1.92 bits per heavy atom. The van der Waals surface area contributed by atoms with Crippen molar-refractivity contribution in [3.63, 3.8) is 0 Å². The molecule has 5 rings (SSSR count). The molecule has 1 aromatic heterocycles. The number of hydrogen-bond acceptors (Lipinski definition) is 4. The Morgan fingerprint density at radius 3 is 2.50 bits per heavy atom. The van der Waals surface area contributed by atoms with Crippen LogP contribution in [-0.2, 0) is 4.79 Å². The van der Waals surface area contributed by atoms with E-state index in [2.05, 4.69) is 45.3 Å². The summed E-state index contributed by atoms with van der Waals surface area (Å²) < 4.78 is 0.205. The fourth-order valence-corrected chi connectivity index (χ4v) is 8.19. The van der Waals surface area contributed by atoms with Gasteiger partial charge in [-0.1, -0.05) is 41.1 Å². The Kier molecular flexibility index (Phi) is 4.27.